The molecule has 0 aromatic carbocycles. The van der Waals surface area contributed by atoms with Crippen molar-refractivity contribution in [3.8, 4) is 0 Å². The molecule has 15 heavy (non-hydrogen) atoms. The van der Waals surface area contributed by atoms with Gasteiger partial charge in [-0.1, -0.05) is 19.4 Å². The van der Waals surface area contributed by atoms with E-state index in [0.717, 1.165) is 24.5 Å². The van der Waals surface area contributed by atoms with E-state index in [2.05, 4.69) is 42.6 Å². The van der Waals surface area contributed by atoms with Crippen LogP contribution < -0.4 is 0 Å². The Bertz CT molecular complexity index is 260. The molecule has 1 unspecified atom stereocenters. The molecule has 0 saturated carbocycles. The Morgan fingerprint density at radius 1 is 1.47 bits per heavy atom. The largest absolute Gasteiger partial charge is 0.300 e. The van der Waals surface area contributed by atoms with E-state index in [-0.39, 0.29) is 0 Å². The van der Waals surface area contributed by atoms with Crippen LogP contribution in [-0.4, -0.2) is 29.2 Å². The van der Waals surface area contributed by atoms with Crippen LogP contribution in [0.15, 0.2) is 24.4 Å². The molecule has 1 rings (SSSR count). The van der Waals surface area contributed by atoms with Crippen LogP contribution in [0, 0.1) is 5.92 Å². The molecule has 1 atom stereocenters. The van der Waals surface area contributed by atoms with E-state index < -0.39 is 0 Å². The molecule has 1 aromatic rings. The van der Waals surface area contributed by atoms with Crippen molar-refractivity contribution in [2.24, 2.45) is 5.92 Å². The van der Waals surface area contributed by atoms with Crippen molar-refractivity contribution in [3.05, 3.63) is 30.1 Å². The van der Waals surface area contributed by atoms with Crippen LogP contribution in [-0.2, 0) is 6.54 Å². The van der Waals surface area contributed by atoms with Gasteiger partial charge < -0.3 is 4.90 Å². The summed E-state index contributed by atoms with van der Waals surface area (Å²) in [7, 11) is 2.14. The van der Waals surface area contributed by atoms with Gasteiger partial charge in [-0.3, -0.25) is 4.98 Å². The van der Waals surface area contributed by atoms with Gasteiger partial charge in [0.15, 0.2) is 0 Å². The molecule has 84 valence electrons. The van der Waals surface area contributed by atoms with Gasteiger partial charge in [-0.05, 0) is 30.9 Å². The Balaban J connectivity index is 2.39. The molecule has 2 nitrogen and oxygen atoms in total. The summed E-state index contributed by atoms with van der Waals surface area (Å²) in [6.45, 7) is 4.23. The van der Waals surface area contributed by atoms with Crippen molar-refractivity contribution in [1.82, 2.24) is 9.88 Å². The van der Waals surface area contributed by atoms with E-state index >= 15 is 0 Å². The molecule has 1 aromatic heterocycles. The third-order valence-corrected chi connectivity index (χ3v) is 3.08. The number of pyridine rings is 1. The highest BCUT2D eigenvalue weighted by Gasteiger charge is 2.08. The van der Waals surface area contributed by atoms with Crippen molar-refractivity contribution in [1.29, 1.82) is 0 Å². The normalized spacial score (nSPS) is 13.1. The summed E-state index contributed by atoms with van der Waals surface area (Å²) in [5.74, 6) is 1.64. The Morgan fingerprint density at radius 3 is 2.80 bits per heavy atom. The molecule has 0 aliphatic carbocycles. The molecular weight excluding hydrogens is 204 g/mol. The number of thiol groups is 1. The van der Waals surface area contributed by atoms with Gasteiger partial charge in [-0.25, -0.2) is 0 Å². The fourth-order valence-electron chi connectivity index (χ4n) is 1.59. The van der Waals surface area contributed by atoms with Gasteiger partial charge in [0.05, 0.1) is 5.69 Å². The topological polar surface area (TPSA) is 16.1 Å². The highest BCUT2D eigenvalue weighted by molar-refractivity contribution is 7.80. The second-order valence-corrected chi connectivity index (χ2v) is 4.34. The predicted molar refractivity (Wildman–Crippen MR) is 68.2 cm³/mol. The minimum Gasteiger partial charge on any atom is -0.300 e. The Labute approximate surface area is 98.1 Å². The summed E-state index contributed by atoms with van der Waals surface area (Å²) in [6, 6.07) is 6.05. The van der Waals surface area contributed by atoms with Crippen molar-refractivity contribution >= 4 is 12.6 Å². The lowest BCUT2D eigenvalue weighted by atomic mass is 10.1. The first kappa shape index (κ1) is 12.5. The first-order valence-corrected chi connectivity index (χ1v) is 6.08. The summed E-state index contributed by atoms with van der Waals surface area (Å²) in [5.41, 5.74) is 1.13. The van der Waals surface area contributed by atoms with Gasteiger partial charge in [0, 0.05) is 19.3 Å². The van der Waals surface area contributed by atoms with Crippen LogP contribution in [0.5, 0.6) is 0 Å². The molecular formula is C12H20N2S. The molecule has 0 spiro atoms. The first-order chi connectivity index (χ1) is 7.26. The summed E-state index contributed by atoms with van der Waals surface area (Å²) in [4.78, 5) is 6.63. The predicted octanol–water partition coefficient (Wildman–Crippen LogP) is 2.47. The maximum absolute atomic E-state index is 4.35. The maximum Gasteiger partial charge on any atom is 0.0543 e. The Kier molecular flexibility index (Phi) is 5.73. The number of nitrogens with zero attached hydrogens (tertiary/aromatic N) is 2. The lowest BCUT2D eigenvalue weighted by Gasteiger charge is -2.21. The molecule has 0 aliphatic heterocycles. The SMILES string of the molecule is CCC(CS)CN(C)Cc1ccccn1. The van der Waals surface area contributed by atoms with E-state index in [1.807, 2.05) is 18.3 Å². The Hall–Kier alpha value is -0.540. The average molecular weight is 224 g/mol. The molecule has 0 fully saturated rings. The highest BCUT2D eigenvalue weighted by Crippen LogP contribution is 2.08. The summed E-state index contributed by atoms with van der Waals surface area (Å²) in [5, 5.41) is 0. The monoisotopic (exact) mass is 224 g/mol. The summed E-state index contributed by atoms with van der Waals surface area (Å²) in [6.07, 6.45) is 3.04. The molecule has 0 bridgehead atoms. The smallest absolute Gasteiger partial charge is 0.0543 e. The lowest BCUT2D eigenvalue weighted by molar-refractivity contribution is 0.275. The second-order valence-electron chi connectivity index (χ2n) is 3.97. The lowest BCUT2D eigenvalue weighted by Crippen LogP contribution is -2.26. The molecule has 0 saturated heterocycles. The van der Waals surface area contributed by atoms with Gasteiger partial charge in [0.1, 0.15) is 0 Å². The van der Waals surface area contributed by atoms with E-state index in [9.17, 15) is 0 Å². The van der Waals surface area contributed by atoms with E-state index in [0.29, 0.717) is 5.92 Å². The third-order valence-electron chi connectivity index (χ3n) is 2.56. The van der Waals surface area contributed by atoms with Crippen LogP contribution >= 0.6 is 12.6 Å². The van der Waals surface area contributed by atoms with Gasteiger partial charge in [0.25, 0.3) is 0 Å². The van der Waals surface area contributed by atoms with E-state index in [1.165, 1.54) is 6.42 Å². The van der Waals surface area contributed by atoms with Crippen molar-refractivity contribution in [3.63, 3.8) is 0 Å². The molecule has 0 N–H and O–H groups in total. The zero-order chi connectivity index (χ0) is 11.1. The van der Waals surface area contributed by atoms with Gasteiger partial charge in [-0.15, -0.1) is 0 Å². The summed E-state index contributed by atoms with van der Waals surface area (Å²) < 4.78 is 0. The fraction of sp³-hybridized carbons (Fsp3) is 0.583. The van der Waals surface area contributed by atoms with Crippen molar-refractivity contribution < 1.29 is 0 Å². The highest BCUT2D eigenvalue weighted by atomic mass is 32.1. The number of rotatable bonds is 6. The molecule has 1 heterocycles. The standard InChI is InChI=1S/C12H20N2S/c1-3-11(10-15)8-14(2)9-12-6-4-5-7-13-12/h4-7,11,15H,3,8-10H2,1-2H3. The number of aromatic nitrogens is 1. The Morgan fingerprint density at radius 2 is 2.27 bits per heavy atom. The van der Waals surface area contributed by atoms with Crippen LogP contribution in [0.1, 0.15) is 19.0 Å². The van der Waals surface area contributed by atoms with Crippen LogP contribution in [0.3, 0.4) is 0 Å². The third kappa shape index (κ3) is 4.67. The second kappa shape index (κ2) is 6.85. The van der Waals surface area contributed by atoms with Crippen LogP contribution in [0.4, 0.5) is 0 Å². The zero-order valence-corrected chi connectivity index (χ0v) is 10.5. The average Bonchev–Trinajstić information content (AvgIpc) is 2.27. The van der Waals surface area contributed by atoms with E-state index in [1.54, 1.807) is 0 Å². The molecule has 3 heteroatoms. The fourth-order valence-corrected chi connectivity index (χ4v) is 1.96. The molecule has 0 radical (unpaired) electrons. The zero-order valence-electron chi connectivity index (χ0n) is 9.56. The van der Waals surface area contributed by atoms with Gasteiger partial charge in [-0.2, -0.15) is 12.6 Å². The number of hydrogen-bond donors (Lipinski definition) is 1. The molecule has 0 amide bonds. The van der Waals surface area contributed by atoms with E-state index in [4.69, 9.17) is 0 Å². The first-order valence-electron chi connectivity index (χ1n) is 5.45. The van der Waals surface area contributed by atoms with Crippen LogP contribution in [0.25, 0.3) is 0 Å². The quantitative estimate of drug-likeness (QED) is 0.747. The van der Waals surface area contributed by atoms with Crippen molar-refractivity contribution in [2.45, 2.75) is 19.9 Å². The number of hydrogen-bond acceptors (Lipinski definition) is 3. The van der Waals surface area contributed by atoms with Gasteiger partial charge in [0.2, 0.25) is 0 Å². The van der Waals surface area contributed by atoms with Gasteiger partial charge >= 0.3 is 0 Å². The molecule has 0 aliphatic rings. The van der Waals surface area contributed by atoms with Crippen LogP contribution in [0.2, 0.25) is 0 Å². The minimum atomic E-state index is 0.682. The maximum atomic E-state index is 4.35. The van der Waals surface area contributed by atoms with Crippen molar-refractivity contribution in [2.75, 3.05) is 19.3 Å². The summed E-state index contributed by atoms with van der Waals surface area (Å²) >= 11 is 4.35. The minimum absolute atomic E-state index is 0.682.